The molecule has 51 heavy (non-hydrogen) atoms. The van der Waals surface area contributed by atoms with Crippen LogP contribution in [-0.4, -0.2) is 68.0 Å². The molecule has 3 aromatic rings. The second-order valence-electron chi connectivity index (χ2n) is 15.1. The number of hydrogen-bond acceptors (Lipinski definition) is 6. The van der Waals surface area contributed by atoms with Gasteiger partial charge in [0.1, 0.15) is 0 Å². The average molecular weight is 778 g/mol. The number of hydrogen-bond donors (Lipinski definition) is 3. The first-order valence-corrected chi connectivity index (χ1v) is 21.7. The Morgan fingerprint density at radius 2 is 1.86 bits per heavy atom. The van der Waals surface area contributed by atoms with E-state index in [0.29, 0.717) is 36.4 Å². The minimum absolute atomic E-state index is 0.00241. The lowest BCUT2D eigenvalue weighted by Crippen LogP contribution is -2.48. The minimum atomic E-state index is -3.50. The molecule has 6 atom stereocenters. The zero-order valence-corrected chi connectivity index (χ0v) is 31.9. The summed E-state index contributed by atoms with van der Waals surface area (Å²) >= 11 is 3.59. The summed E-state index contributed by atoms with van der Waals surface area (Å²) < 4.78 is 24.1. The van der Waals surface area contributed by atoms with Gasteiger partial charge in [-0.25, -0.2) is 0 Å². The lowest BCUT2D eigenvalue weighted by atomic mass is 9.82. The van der Waals surface area contributed by atoms with Gasteiger partial charge in [0.25, 0.3) is 5.91 Å². The molecular weight excluding hydrogens is 731 g/mol. The predicted octanol–water partition coefficient (Wildman–Crippen LogP) is 6.04. The SMILES string of the molecule is C[C@H]1[C@H]([Si](C)(C)F)[C@@H](CC(=O)N2Cc3ccccc3C[C@H]2CO)O[C@]12C(=O)N(Cc1ccc(NC(=O)C3CCCNC3)cc1)c1ccc(Br)cc12. The fourth-order valence-corrected chi connectivity index (χ4v) is 11.8. The van der Waals surface area contributed by atoms with Gasteiger partial charge in [0.2, 0.25) is 20.2 Å². The van der Waals surface area contributed by atoms with Crippen molar-refractivity contribution in [3.05, 3.63) is 93.5 Å². The summed E-state index contributed by atoms with van der Waals surface area (Å²) in [6, 6.07) is 20.7. The van der Waals surface area contributed by atoms with E-state index in [2.05, 4.69) is 26.6 Å². The molecule has 4 aliphatic heterocycles. The molecule has 0 bridgehead atoms. The van der Waals surface area contributed by atoms with Crippen LogP contribution in [0.5, 0.6) is 0 Å². The van der Waals surface area contributed by atoms with Crippen LogP contribution in [-0.2, 0) is 44.2 Å². The van der Waals surface area contributed by atoms with Gasteiger partial charge in [0, 0.05) is 40.3 Å². The molecule has 3 aromatic carbocycles. The first-order valence-electron chi connectivity index (χ1n) is 18.0. The van der Waals surface area contributed by atoms with Gasteiger partial charge in [-0.3, -0.25) is 14.4 Å². The number of aliphatic hydroxyl groups is 1. The predicted molar refractivity (Wildman–Crippen MR) is 200 cm³/mol. The maximum absolute atomic E-state index is 16.5. The molecule has 0 aliphatic carbocycles. The lowest BCUT2D eigenvalue weighted by molar-refractivity contribution is -0.151. The van der Waals surface area contributed by atoms with Gasteiger partial charge in [-0.2, -0.15) is 0 Å². The number of anilines is 2. The smallest absolute Gasteiger partial charge is 0.264 e. The molecular formula is C39H46BrFN4O5Si. The van der Waals surface area contributed by atoms with E-state index >= 15 is 4.11 Å². The van der Waals surface area contributed by atoms with Crippen molar-refractivity contribution >= 4 is 53.4 Å². The summed E-state index contributed by atoms with van der Waals surface area (Å²) in [4.78, 5) is 45.1. The number of amides is 3. The van der Waals surface area contributed by atoms with E-state index in [-0.39, 0.29) is 43.2 Å². The van der Waals surface area contributed by atoms with Crippen molar-refractivity contribution in [3.63, 3.8) is 0 Å². The fraction of sp³-hybridized carbons (Fsp3) is 0.462. The maximum atomic E-state index is 16.5. The van der Waals surface area contributed by atoms with E-state index in [0.717, 1.165) is 40.5 Å². The van der Waals surface area contributed by atoms with Crippen molar-refractivity contribution in [2.45, 2.75) is 82.1 Å². The van der Waals surface area contributed by atoms with Gasteiger partial charge < -0.3 is 34.4 Å². The molecule has 3 N–H and O–H groups in total. The van der Waals surface area contributed by atoms with Crippen LogP contribution in [0, 0.1) is 11.8 Å². The summed E-state index contributed by atoms with van der Waals surface area (Å²) in [6.45, 7) is 7.19. The molecule has 1 spiro atoms. The highest BCUT2D eigenvalue weighted by Crippen LogP contribution is 2.60. The van der Waals surface area contributed by atoms with Crippen molar-refractivity contribution in [1.82, 2.24) is 10.2 Å². The summed E-state index contributed by atoms with van der Waals surface area (Å²) in [6.07, 6.45) is 1.46. The summed E-state index contributed by atoms with van der Waals surface area (Å²) in [5, 5.41) is 16.6. The molecule has 4 aliphatic rings. The highest BCUT2D eigenvalue weighted by molar-refractivity contribution is 9.10. The largest absolute Gasteiger partial charge is 0.394 e. The molecule has 7 rings (SSSR count). The van der Waals surface area contributed by atoms with Gasteiger partial charge in [-0.1, -0.05) is 59.3 Å². The van der Waals surface area contributed by atoms with Crippen LogP contribution in [0.25, 0.3) is 0 Å². The van der Waals surface area contributed by atoms with Gasteiger partial charge in [0.15, 0.2) is 5.60 Å². The first kappa shape index (κ1) is 36.0. The standard InChI is InChI=1S/C39H46BrFN4O5Si/c1-24-36(51(2,3)41)34(19-35(47)44-22-28-8-5-4-7-26(28)17-31(44)23-46)50-39(24)32-18-29(40)12-15-33(32)45(38(39)49)21-25-10-13-30(14-11-25)43-37(48)27-9-6-16-42-20-27/h4-5,7-8,10-15,18,24,27,31,34,36,42,46H,6,9,16-17,19-23H2,1-3H3,(H,43,48)/t24-,27?,31-,34+,36-,39+/m0/s1. The monoisotopic (exact) mass is 776 g/mol. The van der Waals surface area contributed by atoms with Gasteiger partial charge in [0.05, 0.1) is 43.3 Å². The third-order valence-electron chi connectivity index (χ3n) is 11.4. The molecule has 0 radical (unpaired) electrons. The van der Waals surface area contributed by atoms with Gasteiger partial charge >= 0.3 is 0 Å². The Hall–Kier alpha value is -3.42. The van der Waals surface area contributed by atoms with E-state index in [4.69, 9.17) is 4.74 Å². The van der Waals surface area contributed by atoms with Crippen molar-refractivity contribution < 1.29 is 28.3 Å². The van der Waals surface area contributed by atoms with E-state index in [9.17, 15) is 19.5 Å². The van der Waals surface area contributed by atoms with Crippen LogP contribution in [0.2, 0.25) is 18.6 Å². The molecule has 0 saturated carbocycles. The van der Waals surface area contributed by atoms with Crippen LogP contribution in [0.3, 0.4) is 0 Å². The van der Waals surface area contributed by atoms with Gasteiger partial charge in [-0.05, 0) is 85.9 Å². The van der Waals surface area contributed by atoms with E-state index in [1.165, 1.54) is 0 Å². The van der Waals surface area contributed by atoms with E-state index < -0.39 is 37.6 Å². The first-order chi connectivity index (χ1) is 24.4. The third-order valence-corrected chi connectivity index (χ3v) is 14.4. The van der Waals surface area contributed by atoms with Crippen LogP contribution in [0.4, 0.5) is 15.5 Å². The van der Waals surface area contributed by atoms with Crippen LogP contribution in [0.15, 0.2) is 71.2 Å². The van der Waals surface area contributed by atoms with E-state index in [1.54, 1.807) is 22.9 Å². The number of benzene rings is 3. The summed E-state index contributed by atoms with van der Waals surface area (Å²) in [5.41, 5.74) is 2.94. The number of aliphatic hydroxyl groups excluding tert-OH is 1. The molecule has 270 valence electrons. The Balaban J connectivity index is 1.15. The van der Waals surface area contributed by atoms with Crippen LogP contribution >= 0.6 is 15.9 Å². The molecule has 1 unspecified atom stereocenters. The molecule has 2 fully saturated rings. The number of piperidine rings is 1. The third kappa shape index (κ3) is 6.69. The second kappa shape index (κ2) is 14.2. The molecule has 0 aromatic heterocycles. The number of ether oxygens (including phenoxy) is 1. The Kier molecular flexibility index (Phi) is 10.0. The Morgan fingerprint density at radius 3 is 2.55 bits per heavy atom. The number of carbonyl (C=O) groups is 3. The highest BCUT2D eigenvalue weighted by atomic mass is 79.9. The normalized spacial score (nSPS) is 27.4. The molecule has 12 heteroatoms. The summed E-state index contributed by atoms with van der Waals surface area (Å²) in [5.74, 6) is -1.10. The molecule has 2 saturated heterocycles. The molecule has 4 heterocycles. The second-order valence-corrected chi connectivity index (χ2v) is 19.8. The fourth-order valence-electron chi connectivity index (χ4n) is 8.90. The number of nitrogens with one attached hydrogen (secondary N) is 2. The number of carbonyl (C=O) groups excluding carboxylic acids is 3. The Bertz CT molecular complexity index is 1820. The summed E-state index contributed by atoms with van der Waals surface area (Å²) in [7, 11) is -3.50. The number of nitrogens with zero attached hydrogens (tertiary/aromatic N) is 2. The topological polar surface area (TPSA) is 111 Å². The molecule has 3 amide bonds. The number of halogens is 2. The van der Waals surface area contributed by atoms with E-state index in [1.807, 2.05) is 73.7 Å². The highest BCUT2D eigenvalue weighted by Gasteiger charge is 2.67. The number of fused-ring (bicyclic) bond motifs is 3. The zero-order valence-electron chi connectivity index (χ0n) is 29.3. The quantitative estimate of drug-likeness (QED) is 0.190. The van der Waals surface area contributed by atoms with Crippen molar-refractivity contribution in [1.29, 1.82) is 0 Å². The van der Waals surface area contributed by atoms with Crippen molar-refractivity contribution in [3.8, 4) is 0 Å². The Labute approximate surface area is 308 Å². The van der Waals surface area contributed by atoms with Crippen molar-refractivity contribution in [2.24, 2.45) is 11.8 Å². The van der Waals surface area contributed by atoms with Crippen molar-refractivity contribution in [2.75, 3.05) is 29.9 Å². The van der Waals surface area contributed by atoms with Crippen LogP contribution in [0.1, 0.15) is 48.4 Å². The number of rotatable bonds is 8. The lowest BCUT2D eigenvalue weighted by Gasteiger charge is -2.37. The minimum Gasteiger partial charge on any atom is -0.394 e. The molecule has 9 nitrogen and oxygen atoms in total. The average Bonchev–Trinajstić information content (AvgIpc) is 3.54. The van der Waals surface area contributed by atoms with Crippen LogP contribution < -0.4 is 15.5 Å². The Morgan fingerprint density at radius 1 is 1.12 bits per heavy atom. The zero-order chi connectivity index (χ0) is 36.1. The maximum Gasteiger partial charge on any atom is 0.264 e. The van der Waals surface area contributed by atoms with Gasteiger partial charge in [-0.15, -0.1) is 0 Å².